The second-order valence-electron chi connectivity index (χ2n) is 6.97. The van der Waals surface area contributed by atoms with E-state index in [-0.39, 0.29) is 28.7 Å². The molecule has 1 aliphatic carbocycles. The van der Waals surface area contributed by atoms with Gasteiger partial charge in [-0.1, -0.05) is 6.07 Å². The average molecular weight is 360 g/mol. The molecule has 0 unspecified atom stereocenters. The van der Waals surface area contributed by atoms with E-state index >= 15 is 0 Å². The molecule has 1 aromatic heterocycles. The molecular formula is C19H21FN2O4. The number of ether oxygens (including phenoxy) is 2. The Morgan fingerprint density at radius 2 is 2.19 bits per heavy atom. The van der Waals surface area contributed by atoms with Crippen molar-refractivity contribution < 1.29 is 18.7 Å². The highest BCUT2D eigenvalue weighted by molar-refractivity contribution is 5.95. The zero-order chi connectivity index (χ0) is 18.1. The maximum atomic E-state index is 14.0. The summed E-state index contributed by atoms with van der Waals surface area (Å²) in [4.78, 5) is 27.5. The highest BCUT2D eigenvalue weighted by Gasteiger charge is 2.31. The normalized spacial score (nSPS) is 23.1. The number of H-pyrrole nitrogens is 1. The summed E-state index contributed by atoms with van der Waals surface area (Å²) < 4.78 is 25.4. The predicted octanol–water partition coefficient (Wildman–Crippen LogP) is 1.98. The number of fused-ring (bicyclic) bond motifs is 1. The summed E-state index contributed by atoms with van der Waals surface area (Å²) in [5, 5.41) is 3.08. The molecule has 26 heavy (non-hydrogen) atoms. The molecule has 2 N–H and O–H groups in total. The summed E-state index contributed by atoms with van der Waals surface area (Å²) in [6.45, 7) is 1.65. The molecule has 4 rings (SSSR count). The Balaban J connectivity index is 1.52. The predicted molar refractivity (Wildman–Crippen MR) is 93.7 cm³/mol. The van der Waals surface area contributed by atoms with Crippen molar-refractivity contribution in [3.8, 4) is 0 Å². The summed E-state index contributed by atoms with van der Waals surface area (Å²) in [5.74, 6) is -0.405. The maximum absolute atomic E-state index is 14.0. The minimum atomic E-state index is -0.569. The van der Waals surface area contributed by atoms with E-state index in [1.165, 1.54) is 37.1 Å². The number of nitrogens with one attached hydrogen (secondary N) is 2. The van der Waals surface area contributed by atoms with Crippen LogP contribution in [0.25, 0.3) is 10.9 Å². The van der Waals surface area contributed by atoms with Gasteiger partial charge in [0.15, 0.2) is 5.43 Å². The lowest BCUT2D eigenvalue weighted by molar-refractivity contribution is -0.0567. The number of aromatic nitrogens is 1. The molecule has 2 aromatic rings. The van der Waals surface area contributed by atoms with Crippen LogP contribution in [0.4, 0.5) is 4.39 Å². The Kier molecular flexibility index (Phi) is 4.74. The van der Waals surface area contributed by atoms with E-state index in [2.05, 4.69) is 10.3 Å². The van der Waals surface area contributed by atoms with E-state index < -0.39 is 17.2 Å². The van der Waals surface area contributed by atoms with E-state index in [9.17, 15) is 14.0 Å². The summed E-state index contributed by atoms with van der Waals surface area (Å²) >= 11 is 0. The summed E-state index contributed by atoms with van der Waals surface area (Å²) in [5.41, 5.74) is -0.337. The molecule has 0 radical (unpaired) electrons. The van der Waals surface area contributed by atoms with Crippen LogP contribution >= 0.6 is 0 Å². The SMILES string of the molecule is O=C(N[C@@H]1COCC[C@@H]1OCC1CC1)c1cc(=O)c2cccc(F)c2[nH]1. The number of benzene rings is 1. The van der Waals surface area contributed by atoms with Gasteiger partial charge in [-0.25, -0.2) is 4.39 Å². The third kappa shape index (κ3) is 3.64. The van der Waals surface area contributed by atoms with Gasteiger partial charge in [-0.15, -0.1) is 0 Å². The van der Waals surface area contributed by atoms with Crippen LogP contribution in [0.15, 0.2) is 29.1 Å². The summed E-state index contributed by atoms with van der Waals surface area (Å²) in [6.07, 6.45) is 2.99. The van der Waals surface area contributed by atoms with Gasteiger partial charge in [0.1, 0.15) is 11.5 Å². The lowest BCUT2D eigenvalue weighted by Crippen LogP contribution is -2.51. The van der Waals surface area contributed by atoms with Crippen molar-refractivity contribution in [2.75, 3.05) is 19.8 Å². The third-order valence-corrected chi connectivity index (χ3v) is 4.91. The second-order valence-corrected chi connectivity index (χ2v) is 6.97. The van der Waals surface area contributed by atoms with E-state index in [4.69, 9.17) is 9.47 Å². The van der Waals surface area contributed by atoms with Gasteiger partial charge in [-0.3, -0.25) is 9.59 Å². The molecule has 1 saturated heterocycles. The minimum Gasteiger partial charge on any atom is -0.379 e. The first kappa shape index (κ1) is 17.2. The third-order valence-electron chi connectivity index (χ3n) is 4.91. The number of aromatic amines is 1. The molecule has 0 bridgehead atoms. The van der Waals surface area contributed by atoms with Gasteiger partial charge in [0.2, 0.25) is 0 Å². The van der Waals surface area contributed by atoms with Crippen LogP contribution < -0.4 is 10.7 Å². The van der Waals surface area contributed by atoms with Crippen molar-refractivity contribution in [2.24, 2.45) is 5.92 Å². The van der Waals surface area contributed by atoms with Crippen LogP contribution in [-0.4, -0.2) is 42.9 Å². The van der Waals surface area contributed by atoms with Gasteiger partial charge in [0.25, 0.3) is 5.91 Å². The first-order chi connectivity index (χ1) is 12.6. The number of carbonyl (C=O) groups is 1. The summed E-state index contributed by atoms with van der Waals surface area (Å²) in [6, 6.07) is 5.14. The first-order valence-corrected chi connectivity index (χ1v) is 8.93. The fourth-order valence-corrected chi connectivity index (χ4v) is 3.20. The monoisotopic (exact) mass is 360 g/mol. The number of amides is 1. The van der Waals surface area contributed by atoms with Crippen molar-refractivity contribution in [1.29, 1.82) is 0 Å². The molecule has 138 valence electrons. The molecule has 1 amide bonds. The van der Waals surface area contributed by atoms with Crippen molar-refractivity contribution in [3.05, 3.63) is 46.0 Å². The van der Waals surface area contributed by atoms with Gasteiger partial charge in [-0.05, 0) is 37.3 Å². The van der Waals surface area contributed by atoms with Gasteiger partial charge >= 0.3 is 0 Å². The molecule has 0 spiro atoms. The van der Waals surface area contributed by atoms with Crippen LogP contribution in [0.3, 0.4) is 0 Å². The van der Waals surface area contributed by atoms with Crippen LogP contribution in [0.5, 0.6) is 0 Å². The van der Waals surface area contributed by atoms with E-state index in [1.54, 1.807) is 0 Å². The molecule has 1 aromatic carbocycles. The van der Waals surface area contributed by atoms with Crippen LogP contribution in [-0.2, 0) is 9.47 Å². The van der Waals surface area contributed by atoms with E-state index in [1.807, 2.05) is 0 Å². The van der Waals surface area contributed by atoms with Gasteiger partial charge < -0.3 is 19.8 Å². The van der Waals surface area contributed by atoms with E-state index in [0.29, 0.717) is 32.2 Å². The van der Waals surface area contributed by atoms with Crippen molar-refractivity contribution in [1.82, 2.24) is 10.3 Å². The van der Waals surface area contributed by atoms with Crippen LogP contribution in [0, 0.1) is 11.7 Å². The molecule has 1 saturated carbocycles. The quantitative estimate of drug-likeness (QED) is 0.854. The van der Waals surface area contributed by atoms with Crippen LogP contribution in [0.2, 0.25) is 0 Å². The smallest absolute Gasteiger partial charge is 0.268 e. The summed E-state index contributed by atoms with van der Waals surface area (Å²) in [7, 11) is 0. The number of para-hydroxylation sites is 1. The van der Waals surface area contributed by atoms with Crippen molar-refractivity contribution in [3.63, 3.8) is 0 Å². The fourth-order valence-electron chi connectivity index (χ4n) is 3.20. The van der Waals surface area contributed by atoms with Gasteiger partial charge in [-0.2, -0.15) is 0 Å². The minimum absolute atomic E-state index is 0.0270. The fraction of sp³-hybridized carbons (Fsp3) is 0.474. The average Bonchev–Trinajstić information content (AvgIpc) is 3.46. The standard InChI is InChI=1S/C19H21FN2O4/c20-13-3-1-2-12-16(23)8-14(21-18(12)13)19(24)22-15-10-25-7-6-17(15)26-9-11-4-5-11/h1-3,8,11,15,17H,4-7,9-10H2,(H,21,23)(H,22,24)/t15-,17+/m1/s1. The number of rotatable bonds is 5. The molecule has 6 nitrogen and oxygen atoms in total. The highest BCUT2D eigenvalue weighted by Crippen LogP contribution is 2.30. The number of carbonyl (C=O) groups excluding carboxylic acids is 1. The molecule has 7 heteroatoms. The van der Waals surface area contributed by atoms with Crippen LogP contribution in [0.1, 0.15) is 29.8 Å². The Morgan fingerprint density at radius 1 is 1.35 bits per heavy atom. The zero-order valence-electron chi connectivity index (χ0n) is 14.3. The van der Waals surface area contributed by atoms with Crippen molar-refractivity contribution in [2.45, 2.75) is 31.4 Å². The molecule has 2 aliphatic rings. The van der Waals surface area contributed by atoms with Crippen molar-refractivity contribution >= 4 is 16.8 Å². The molecule has 2 fully saturated rings. The maximum Gasteiger partial charge on any atom is 0.268 e. The topological polar surface area (TPSA) is 80.4 Å². The number of halogens is 1. The van der Waals surface area contributed by atoms with E-state index in [0.717, 1.165) is 0 Å². The van der Waals surface area contributed by atoms with Gasteiger partial charge in [0.05, 0.1) is 24.3 Å². The molecular weight excluding hydrogens is 339 g/mol. The number of pyridine rings is 1. The zero-order valence-corrected chi connectivity index (χ0v) is 14.3. The molecule has 2 atom stereocenters. The molecule has 2 heterocycles. The Hall–Kier alpha value is -2.25. The lowest BCUT2D eigenvalue weighted by Gasteiger charge is -2.32. The Labute approximate surface area is 149 Å². The van der Waals surface area contributed by atoms with Gasteiger partial charge in [0, 0.05) is 24.7 Å². The number of hydrogen-bond donors (Lipinski definition) is 2. The second kappa shape index (κ2) is 7.17. The Bertz CT molecular complexity index is 877. The molecule has 1 aliphatic heterocycles. The number of hydrogen-bond acceptors (Lipinski definition) is 4. The highest BCUT2D eigenvalue weighted by atomic mass is 19.1. The first-order valence-electron chi connectivity index (χ1n) is 8.93. The lowest BCUT2D eigenvalue weighted by atomic mass is 10.1. The largest absolute Gasteiger partial charge is 0.379 e. The Morgan fingerprint density at radius 3 is 3.00 bits per heavy atom.